The summed E-state index contributed by atoms with van der Waals surface area (Å²) in [5.41, 5.74) is 0.186. The average molecular weight is 257 g/mol. The Balaban J connectivity index is 2.41. The molecule has 1 aromatic carbocycles. The van der Waals surface area contributed by atoms with E-state index >= 15 is 0 Å². The summed E-state index contributed by atoms with van der Waals surface area (Å²) >= 11 is 0. The first-order chi connectivity index (χ1) is 9.13. The fourth-order valence-corrected chi connectivity index (χ4v) is 1.64. The molecule has 2 rings (SSSR count). The Labute approximate surface area is 109 Å². The highest BCUT2D eigenvalue weighted by Crippen LogP contribution is 2.16. The molecule has 19 heavy (non-hydrogen) atoms. The van der Waals surface area contributed by atoms with Gasteiger partial charge in [0, 0.05) is 11.8 Å². The Hall–Kier alpha value is -2.69. The molecule has 1 aromatic heterocycles. The van der Waals surface area contributed by atoms with Gasteiger partial charge >= 0.3 is 5.97 Å². The normalized spacial score (nSPS) is 9.95. The third kappa shape index (κ3) is 2.60. The van der Waals surface area contributed by atoms with E-state index in [1.807, 2.05) is 0 Å². The molecule has 0 aliphatic rings. The minimum Gasteiger partial charge on any atom is -0.497 e. The lowest BCUT2D eigenvalue weighted by atomic mass is 10.0. The van der Waals surface area contributed by atoms with Crippen LogP contribution in [0.25, 0.3) is 0 Å². The van der Waals surface area contributed by atoms with Crippen molar-refractivity contribution in [3.63, 3.8) is 0 Å². The van der Waals surface area contributed by atoms with E-state index in [1.54, 1.807) is 24.3 Å². The van der Waals surface area contributed by atoms with E-state index in [0.29, 0.717) is 11.3 Å². The van der Waals surface area contributed by atoms with Gasteiger partial charge in [-0.1, -0.05) is 0 Å². The van der Waals surface area contributed by atoms with Crippen LogP contribution in [0, 0.1) is 0 Å². The van der Waals surface area contributed by atoms with Crippen molar-refractivity contribution in [1.29, 1.82) is 0 Å². The van der Waals surface area contributed by atoms with Crippen molar-refractivity contribution in [2.75, 3.05) is 7.11 Å². The highest BCUT2D eigenvalue weighted by atomic mass is 16.5. The van der Waals surface area contributed by atoms with E-state index in [4.69, 9.17) is 9.84 Å². The first kappa shape index (κ1) is 12.8. The van der Waals surface area contributed by atoms with Gasteiger partial charge in [0.15, 0.2) is 0 Å². The van der Waals surface area contributed by atoms with Crippen molar-refractivity contribution in [3.8, 4) is 5.75 Å². The topological polar surface area (TPSA) is 76.5 Å². The molecule has 0 amide bonds. The van der Waals surface area contributed by atoms with Crippen LogP contribution in [0.5, 0.6) is 5.75 Å². The van der Waals surface area contributed by atoms with E-state index < -0.39 is 11.8 Å². The lowest BCUT2D eigenvalue weighted by molar-refractivity contribution is 0.0692. The van der Waals surface area contributed by atoms with Crippen molar-refractivity contribution in [1.82, 2.24) is 4.98 Å². The number of carbonyl (C=O) groups excluding carboxylic acids is 1. The number of hydrogen-bond donors (Lipinski definition) is 1. The molecule has 2 aromatic rings. The second kappa shape index (κ2) is 5.30. The highest BCUT2D eigenvalue weighted by molar-refractivity contribution is 6.12. The van der Waals surface area contributed by atoms with Gasteiger partial charge in [0.25, 0.3) is 0 Å². The van der Waals surface area contributed by atoms with Crippen LogP contribution in [-0.2, 0) is 0 Å². The second-order valence-corrected chi connectivity index (χ2v) is 3.76. The number of aromatic nitrogens is 1. The van der Waals surface area contributed by atoms with Crippen molar-refractivity contribution < 1.29 is 19.4 Å². The SMILES string of the molecule is COc1ccc(C(=O)c2ncccc2C(=O)O)cc1. The van der Waals surface area contributed by atoms with Crippen LogP contribution in [0.3, 0.4) is 0 Å². The molecule has 1 heterocycles. The predicted octanol–water partition coefficient (Wildman–Crippen LogP) is 2.02. The summed E-state index contributed by atoms with van der Waals surface area (Å²) in [6, 6.07) is 9.25. The van der Waals surface area contributed by atoms with Crippen LogP contribution in [0.4, 0.5) is 0 Å². The molecule has 5 nitrogen and oxygen atoms in total. The molecule has 0 spiro atoms. The largest absolute Gasteiger partial charge is 0.497 e. The molecule has 5 heteroatoms. The third-order valence-electron chi connectivity index (χ3n) is 2.61. The number of aromatic carboxylic acids is 1. The van der Waals surface area contributed by atoms with Crippen molar-refractivity contribution >= 4 is 11.8 Å². The number of carboxylic acid groups (broad SMARTS) is 1. The first-order valence-electron chi connectivity index (χ1n) is 5.50. The molecular formula is C14H11NO4. The summed E-state index contributed by atoms with van der Waals surface area (Å²) in [7, 11) is 1.53. The molecule has 0 aliphatic carbocycles. The second-order valence-electron chi connectivity index (χ2n) is 3.76. The summed E-state index contributed by atoms with van der Waals surface area (Å²) < 4.78 is 5.00. The summed E-state index contributed by atoms with van der Waals surface area (Å²) in [4.78, 5) is 27.1. The first-order valence-corrected chi connectivity index (χ1v) is 5.50. The van der Waals surface area contributed by atoms with Crippen molar-refractivity contribution in [2.24, 2.45) is 0 Å². The average Bonchev–Trinajstić information content (AvgIpc) is 2.46. The molecule has 0 unspecified atom stereocenters. The quantitative estimate of drug-likeness (QED) is 0.848. The number of nitrogens with zero attached hydrogens (tertiary/aromatic N) is 1. The lowest BCUT2D eigenvalue weighted by Gasteiger charge is -2.05. The van der Waals surface area contributed by atoms with Gasteiger partial charge < -0.3 is 9.84 Å². The van der Waals surface area contributed by atoms with Gasteiger partial charge in [-0.2, -0.15) is 0 Å². The molecule has 0 saturated carbocycles. The van der Waals surface area contributed by atoms with Gasteiger partial charge in [0.1, 0.15) is 11.4 Å². The van der Waals surface area contributed by atoms with Gasteiger partial charge in [0.05, 0.1) is 12.7 Å². The smallest absolute Gasteiger partial charge is 0.338 e. The standard InChI is InChI=1S/C14H11NO4/c1-19-10-6-4-9(5-7-10)13(16)12-11(14(17)18)3-2-8-15-12/h2-8H,1H3,(H,17,18). The van der Waals surface area contributed by atoms with Crippen molar-refractivity contribution in [2.45, 2.75) is 0 Å². The van der Waals surface area contributed by atoms with Crippen LogP contribution >= 0.6 is 0 Å². The number of pyridine rings is 1. The Morgan fingerprint density at radius 1 is 1.16 bits per heavy atom. The summed E-state index contributed by atoms with van der Waals surface area (Å²) in [5.74, 6) is -0.985. The van der Waals surface area contributed by atoms with Gasteiger partial charge in [0.2, 0.25) is 5.78 Å². The number of rotatable bonds is 4. The summed E-state index contributed by atoms with van der Waals surface area (Å²) in [6.45, 7) is 0. The molecule has 96 valence electrons. The zero-order valence-electron chi connectivity index (χ0n) is 10.2. The van der Waals surface area contributed by atoms with Crippen LogP contribution in [0.2, 0.25) is 0 Å². The van der Waals surface area contributed by atoms with E-state index in [9.17, 15) is 9.59 Å². The monoisotopic (exact) mass is 257 g/mol. The van der Waals surface area contributed by atoms with Gasteiger partial charge in [-0.3, -0.25) is 9.78 Å². The van der Waals surface area contributed by atoms with Crippen LogP contribution in [-0.4, -0.2) is 29.0 Å². The van der Waals surface area contributed by atoms with Crippen LogP contribution in [0.1, 0.15) is 26.4 Å². The zero-order chi connectivity index (χ0) is 13.8. The highest BCUT2D eigenvalue weighted by Gasteiger charge is 2.18. The lowest BCUT2D eigenvalue weighted by Crippen LogP contribution is -2.11. The van der Waals surface area contributed by atoms with Crippen molar-refractivity contribution in [3.05, 3.63) is 59.4 Å². The number of hydrogen-bond acceptors (Lipinski definition) is 4. The molecule has 1 N–H and O–H groups in total. The van der Waals surface area contributed by atoms with Gasteiger partial charge in [-0.05, 0) is 36.4 Å². The molecule has 0 saturated heterocycles. The molecular weight excluding hydrogens is 246 g/mol. The van der Waals surface area contributed by atoms with E-state index in [-0.39, 0.29) is 11.3 Å². The molecule has 0 fully saturated rings. The number of ketones is 1. The third-order valence-corrected chi connectivity index (χ3v) is 2.61. The maximum atomic E-state index is 12.2. The summed E-state index contributed by atoms with van der Waals surface area (Å²) in [5, 5.41) is 9.03. The number of benzene rings is 1. The maximum absolute atomic E-state index is 12.2. The van der Waals surface area contributed by atoms with Crippen LogP contribution in [0.15, 0.2) is 42.6 Å². The van der Waals surface area contributed by atoms with Gasteiger partial charge in [-0.15, -0.1) is 0 Å². The summed E-state index contributed by atoms with van der Waals surface area (Å²) in [6.07, 6.45) is 1.39. The molecule has 0 aliphatic heterocycles. The Morgan fingerprint density at radius 3 is 2.42 bits per heavy atom. The molecule has 0 atom stereocenters. The zero-order valence-corrected chi connectivity index (χ0v) is 10.2. The Bertz CT molecular complexity index is 620. The number of methoxy groups -OCH3 is 1. The number of carboxylic acids is 1. The Kier molecular flexibility index (Phi) is 3.56. The minimum absolute atomic E-state index is 0.0693. The van der Waals surface area contributed by atoms with E-state index in [1.165, 1.54) is 25.4 Å². The molecule has 0 bridgehead atoms. The fourth-order valence-electron chi connectivity index (χ4n) is 1.64. The van der Waals surface area contributed by atoms with Gasteiger partial charge in [-0.25, -0.2) is 4.79 Å². The van der Waals surface area contributed by atoms with E-state index in [2.05, 4.69) is 4.98 Å². The number of ether oxygens (including phenoxy) is 1. The van der Waals surface area contributed by atoms with Crippen LogP contribution < -0.4 is 4.74 Å². The fraction of sp³-hybridized carbons (Fsp3) is 0.0714. The predicted molar refractivity (Wildman–Crippen MR) is 67.6 cm³/mol. The van der Waals surface area contributed by atoms with E-state index in [0.717, 1.165) is 0 Å². The molecule has 0 radical (unpaired) electrons. The number of carbonyl (C=O) groups is 2. The Morgan fingerprint density at radius 2 is 1.84 bits per heavy atom. The maximum Gasteiger partial charge on any atom is 0.338 e. The minimum atomic E-state index is -1.18.